The molecule has 5 rings (SSSR count). The second kappa shape index (κ2) is 5.39. The van der Waals surface area contributed by atoms with Crippen LogP contribution in [0.25, 0.3) is 16.7 Å². The first-order valence-corrected chi connectivity index (χ1v) is 8.22. The summed E-state index contributed by atoms with van der Waals surface area (Å²) in [6, 6.07) is 17.8. The van der Waals surface area contributed by atoms with E-state index in [9.17, 15) is 5.26 Å². The molecule has 0 atom stereocenters. The highest BCUT2D eigenvalue weighted by molar-refractivity contribution is 5.85. The normalized spacial score (nSPS) is 12.5. The highest BCUT2D eigenvalue weighted by atomic mass is 16.7. The molecule has 1 aliphatic rings. The van der Waals surface area contributed by atoms with Crippen LogP contribution in [-0.2, 0) is 0 Å². The van der Waals surface area contributed by atoms with Crippen molar-refractivity contribution in [2.75, 3.05) is 12.1 Å². The Bertz CT molecular complexity index is 1220. The minimum atomic E-state index is 0.241. The molecule has 0 saturated carbocycles. The number of aryl methyl sites for hydroxylation is 1. The third kappa shape index (κ3) is 2.07. The molecule has 0 amide bonds. The summed E-state index contributed by atoms with van der Waals surface area (Å²) in [5.41, 5.74) is 4.77. The zero-order valence-corrected chi connectivity index (χ0v) is 14.0. The molecular weight excluding hydrogens is 328 g/mol. The number of rotatable bonds is 2. The smallest absolute Gasteiger partial charge is 0.231 e. The van der Waals surface area contributed by atoms with Gasteiger partial charge in [-0.2, -0.15) is 5.26 Å². The summed E-state index contributed by atoms with van der Waals surface area (Å²) in [4.78, 5) is 4.66. The first-order valence-electron chi connectivity index (χ1n) is 8.22. The van der Waals surface area contributed by atoms with Gasteiger partial charge in [-0.15, -0.1) is 0 Å². The molecule has 0 bridgehead atoms. The molecular formula is C20H14N4O2. The van der Waals surface area contributed by atoms with Crippen molar-refractivity contribution in [2.24, 2.45) is 0 Å². The van der Waals surface area contributed by atoms with Gasteiger partial charge in [-0.3, -0.25) is 4.40 Å². The lowest BCUT2D eigenvalue weighted by Gasteiger charge is -2.13. The summed E-state index contributed by atoms with van der Waals surface area (Å²) in [6.07, 6.45) is 0. The van der Waals surface area contributed by atoms with E-state index >= 15 is 0 Å². The van der Waals surface area contributed by atoms with Crippen LogP contribution in [0.5, 0.6) is 11.5 Å². The molecule has 4 aromatic rings. The summed E-state index contributed by atoms with van der Waals surface area (Å²) in [7, 11) is 0. The molecule has 1 aliphatic heterocycles. The van der Waals surface area contributed by atoms with Gasteiger partial charge in [-0.1, -0.05) is 12.1 Å². The number of imidazole rings is 1. The number of nitrogens with one attached hydrogen (secondary N) is 1. The van der Waals surface area contributed by atoms with E-state index in [1.54, 1.807) is 0 Å². The van der Waals surface area contributed by atoms with E-state index in [0.717, 1.165) is 33.9 Å². The summed E-state index contributed by atoms with van der Waals surface area (Å²) >= 11 is 0. The van der Waals surface area contributed by atoms with Gasteiger partial charge < -0.3 is 14.8 Å². The van der Waals surface area contributed by atoms with Crippen LogP contribution >= 0.6 is 0 Å². The molecule has 0 saturated heterocycles. The van der Waals surface area contributed by atoms with E-state index in [1.807, 2.05) is 59.9 Å². The number of hydrogen-bond acceptors (Lipinski definition) is 5. The minimum absolute atomic E-state index is 0.241. The Hall–Kier alpha value is -3.72. The van der Waals surface area contributed by atoms with Crippen LogP contribution in [0.2, 0.25) is 0 Å². The topological polar surface area (TPSA) is 71.6 Å². The Labute approximate surface area is 149 Å². The Morgan fingerprint density at radius 2 is 1.96 bits per heavy atom. The number of hydrogen-bond donors (Lipinski definition) is 1. The van der Waals surface area contributed by atoms with Gasteiger partial charge in [-0.05, 0) is 42.8 Å². The number of pyridine rings is 1. The van der Waals surface area contributed by atoms with Crippen molar-refractivity contribution in [1.29, 1.82) is 5.26 Å². The van der Waals surface area contributed by atoms with E-state index in [-0.39, 0.29) is 6.79 Å². The van der Waals surface area contributed by atoms with E-state index in [4.69, 9.17) is 9.47 Å². The molecule has 26 heavy (non-hydrogen) atoms. The number of benzene rings is 2. The van der Waals surface area contributed by atoms with Gasteiger partial charge in [0.1, 0.15) is 11.9 Å². The molecule has 0 spiro atoms. The number of fused-ring (bicyclic) bond motifs is 4. The van der Waals surface area contributed by atoms with Crippen molar-refractivity contribution in [3.8, 4) is 17.6 Å². The van der Waals surface area contributed by atoms with Crippen molar-refractivity contribution in [2.45, 2.75) is 6.92 Å². The molecule has 2 aromatic heterocycles. The summed E-state index contributed by atoms with van der Waals surface area (Å²) in [6.45, 7) is 2.16. The highest BCUT2D eigenvalue weighted by Crippen LogP contribution is 2.36. The van der Waals surface area contributed by atoms with Crippen LogP contribution in [0.1, 0.15) is 11.1 Å². The second-order valence-corrected chi connectivity index (χ2v) is 6.15. The van der Waals surface area contributed by atoms with Gasteiger partial charge in [0.2, 0.25) is 6.79 Å². The molecule has 0 fully saturated rings. The first-order chi connectivity index (χ1) is 12.7. The Kier molecular flexibility index (Phi) is 3.03. The first kappa shape index (κ1) is 14.6. The van der Waals surface area contributed by atoms with Gasteiger partial charge in [0.15, 0.2) is 17.1 Å². The molecule has 2 aromatic carbocycles. The number of para-hydroxylation sites is 2. The lowest BCUT2D eigenvalue weighted by Crippen LogP contribution is -2.02. The largest absolute Gasteiger partial charge is 0.454 e. The number of ether oxygens (including phenoxy) is 2. The van der Waals surface area contributed by atoms with E-state index < -0.39 is 0 Å². The number of nitriles is 1. The van der Waals surface area contributed by atoms with E-state index in [1.165, 1.54) is 0 Å². The Morgan fingerprint density at radius 1 is 1.12 bits per heavy atom. The Balaban J connectivity index is 1.73. The van der Waals surface area contributed by atoms with Crippen LogP contribution in [-0.4, -0.2) is 16.2 Å². The van der Waals surface area contributed by atoms with Crippen LogP contribution < -0.4 is 14.8 Å². The monoisotopic (exact) mass is 342 g/mol. The zero-order valence-electron chi connectivity index (χ0n) is 14.0. The fraction of sp³-hybridized carbons (Fsp3) is 0.100. The lowest BCUT2D eigenvalue weighted by molar-refractivity contribution is 0.174. The molecule has 0 aliphatic carbocycles. The number of nitrogens with zero attached hydrogens (tertiary/aromatic N) is 3. The van der Waals surface area contributed by atoms with Crippen LogP contribution in [0.4, 0.5) is 11.5 Å². The SMILES string of the molecule is Cc1cc(Nc2ccc3c(c2)OCO3)n2c(nc3ccccc32)c1C#N. The maximum Gasteiger partial charge on any atom is 0.231 e. The van der Waals surface area contributed by atoms with E-state index in [2.05, 4.69) is 16.4 Å². The van der Waals surface area contributed by atoms with Gasteiger partial charge in [0, 0.05) is 11.8 Å². The third-order valence-corrected chi connectivity index (χ3v) is 4.53. The highest BCUT2D eigenvalue weighted by Gasteiger charge is 2.17. The molecule has 3 heterocycles. The van der Waals surface area contributed by atoms with Gasteiger partial charge in [0.05, 0.1) is 16.6 Å². The summed E-state index contributed by atoms with van der Waals surface area (Å²) in [5.74, 6) is 2.29. The maximum absolute atomic E-state index is 9.57. The second-order valence-electron chi connectivity index (χ2n) is 6.15. The fourth-order valence-corrected chi connectivity index (χ4v) is 3.31. The van der Waals surface area contributed by atoms with Crippen LogP contribution in [0.3, 0.4) is 0 Å². The minimum Gasteiger partial charge on any atom is -0.454 e. The molecule has 0 radical (unpaired) electrons. The number of aromatic nitrogens is 2. The van der Waals surface area contributed by atoms with Crippen LogP contribution in [0, 0.1) is 18.3 Å². The molecule has 1 N–H and O–H groups in total. The standard InChI is InChI=1S/C20H14N4O2/c1-12-8-19(22-13-6-7-17-18(9-13)26-11-25-17)24-16-5-3-2-4-15(16)23-20(24)14(12)10-21/h2-9,22H,11H2,1H3. The van der Waals surface area contributed by atoms with E-state index in [0.29, 0.717) is 17.0 Å². The van der Waals surface area contributed by atoms with Crippen molar-refractivity contribution < 1.29 is 9.47 Å². The Morgan fingerprint density at radius 3 is 2.85 bits per heavy atom. The van der Waals surface area contributed by atoms with Gasteiger partial charge in [0.25, 0.3) is 0 Å². The quantitative estimate of drug-likeness (QED) is 0.593. The average Bonchev–Trinajstić information content (AvgIpc) is 3.25. The predicted octanol–water partition coefficient (Wildman–Crippen LogP) is 4.14. The maximum atomic E-state index is 9.57. The zero-order chi connectivity index (χ0) is 17.7. The third-order valence-electron chi connectivity index (χ3n) is 4.53. The molecule has 126 valence electrons. The summed E-state index contributed by atoms with van der Waals surface area (Å²) < 4.78 is 12.8. The summed E-state index contributed by atoms with van der Waals surface area (Å²) in [5, 5.41) is 13.0. The number of anilines is 2. The molecule has 6 nitrogen and oxygen atoms in total. The predicted molar refractivity (Wildman–Crippen MR) is 98.0 cm³/mol. The van der Waals surface area contributed by atoms with Crippen molar-refractivity contribution in [3.05, 3.63) is 59.7 Å². The average molecular weight is 342 g/mol. The van der Waals surface area contributed by atoms with Crippen molar-refractivity contribution in [1.82, 2.24) is 9.38 Å². The molecule has 0 unspecified atom stereocenters. The van der Waals surface area contributed by atoms with Crippen LogP contribution in [0.15, 0.2) is 48.5 Å². The lowest BCUT2D eigenvalue weighted by atomic mass is 10.1. The van der Waals surface area contributed by atoms with Crippen molar-refractivity contribution in [3.63, 3.8) is 0 Å². The molecule has 6 heteroatoms. The van der Waals surface area contributed by atoms with Gasteiger partial charge >= 0.3 is 0 Å². The fourth-order valence-electron chi connectivity index (χ4n) is 3.31. The van der Waals surface area contributed by atoms with Crippen molar-refractivity contribution >= 4 is 28.2 Å². The van der Waals surface area contributed by atoms with Gasteiger partial charge in [-0.25, -0.2) is 4.98 Å².